The van der Waals surface area contributed by atoms with E-state index >= 15 is 0 Å². The van der Waals surface area contributed by atoms with Crippen LogP contribution in [0, 0.1) is 0 Å². The van der Waals surface area contributed by atoms with Crippen molar-refractivity contribution >= 4 is 27.6 Å². The van der Waals surface area contributed by atoms with Crippen LogP contribution in [-0.4, -0.2) is 59.0 Å². The SMILES string of the molecule is COC(=O)c1cccc(OC)c1N(C)C(=O)c1cccc(S(=O)(=O)N2CCCCC2)c1. The van der Waals surface area contributed by atoms with Crippen LogP contribution in [0.1, 0.15) is 40.0 Å². The number of esters is 1. The van der Waals surface area contributed by atoms with E-state index in [-0.39, 0.29) is 21.7 Å². The van der Waals surface area contributed by atoms with Crippen molar-refractivity contribution in [2.75, 3.05) is 39.3 Å². The Labute approximate surface area is 182 Å². The predicted molar refractivity (Wildman–Crippen MR) is 116 cm³/mol. The number of ether oxygens (including phenoxy) is 2. The van der Waals surface area contributed by atoms with Gasteiger partial charge in [0.05, 0.1) is 24.7 Å². The number of hydrogen-bond acceptors (Lipinski definition) is 6. The molecule has 1 fully saturated rings. The molecular weight excluding hydrogens is 420 g/mol. The van der Waals surface area contributed by atoms with Crippen molar-refractivity contribution in [1.29, 1.82) is 0 Å². The fourth-order valence-corrected chi connectivity index (χ4v) is 5.21. The lowest BCUT2D eigenvalue weighted by molar-refractivity contribution is 0.0601. The molecule has 0 spiro atoms. The van der Waals surface area contributed by atoms with E-state index in [1.54, 1.807) is 24.3 Å². The average Bonchev–Trinajstić information content (AvgIpc) is 2.82. The van der Waals surface area contributed by atoms with E-state index in [0.29, 0.717) is 18.8 Å². The van der Waals surface area contributed by atoms with Gasteiger partial charge in [0.2, 0.25) is 10.0 Å². The molecule has 0 saturated carbocycles. The number of carbonyl (C=O) groups excluding carboxylic acids is 2. The molecule has 1 amide bonds. The molecule has 8 nitrogen and oxygen atoms in total. The van der Waals surface area contributed by atoms with Crippen molar-refractivity contribution in [3.63, 3.8) is 0 Å². The fourth-order valence-electron chi connectivity index (χ4n) is 3.65. The van der Waals surface area contributed by atoms with E-state index < -0.39 is 21.9 Å². The van der Waals surface area contributed by atoms with Gasteiger partial charge in [-0.1, -0.05) is 18.6 Å². The maximum Gasteiger partial charge on any atom is 0.340 e. The minimum absolute atomic E-state index is 0.0712. The van der Waals surface area contributed by atoms with Gasteiger partial charge in [-0.05, 0) is 43.2 Å². The molecule has 1 saturated heterocycles. The van der Waals surface area contributed by atoms with Gasteiger partial charge in [-0.25, -0.2) is 13.2 Å². The molecule has 0 unspecified atom stereocenters. The number of methoxy groups -OCH3 is 2. The lowest BCUT2D eigenvalue weighted by atomic mass is 10.1. The predicted octanol–water partition coefficient (Wildman–Crippen LogP) is 2.93. The lowest BCUT2D eigenvalue weighted by Crippen LogP contribution is -2.35. The van der Waals surface area contributed by atoms with Gasteiger partial charge in [0.15, 0.2) is 0 Å². The first-order valence-corrected chi connectivity index (χ1v) is 11.4. The summed E-state index contributed by atoms with van der Waals surface area (Å²) in [6.45, 7) is 0.953. The Bertz CT molecular complexity index is 1080. The zero-order valence-electron chi connectivity index (χ0n) is 17.8. The summed E-state index contributed by atoms with van der Waals surface area (Å²) in [5.74, 6) is -0.781. The van der Waals surface area contributed by atoms with Crippen LogP contribution >= 0.6 is 0 Å². The molecule has 0 atom stereocenters. The molecule has 31 heavy (non-hydrogen) atoms. The van der Waals surface area contributed by atoms with Crippen molar-refractivity contribution in [3.05, 3.63) is 53.6 Å². The number of amides is 1. The Morgan fingerprint density at radius 2 is 1.68 bits per heavy atom. The van der Waals surface area contributed by atoms with Crippen LogP contribution in [0.3, 0.4) is 0 Å². The van der Waals surface area contributed by atoms with Gasteiger partial charge in [-0.3, -0.25) is 4.79 Å². The highest BCUT2D eigenvalue weighted by molar-refractivity contribution is 7.89. The second kappa shape index (κ2) is 9.49. The van der Waals surface area contributed by atoms with Gasteiger partial charge in [0.25, 0.3) is 5.91 Å². The summed E-state index contributed by atoms with van der Waals surface area (Å²) in [5.41, 5.74) is 0.586. The van der Waals surface area contributed by atoms with Crippen LogP contribution in [0.15, 0.2) is 47.4 Å². The number of benzene rings is 2. The Morgan fingerprint density at radius 3 is 2.32 bits per heavy atom. The quantitative estimate of drug-likeness (QED) is 0.634. The average molecular weight is 447 g/mol. The van der Waals surface area contributed by atoms with Crippen LogP contribution < -0.4 is 9.64 Å². The number of anilines is 1. The topological polar surface area (TPSA) is 93.2 Å². The van der Waals surface area contributed by atoms with Gasteiger partial charge >= 0.3 is 5.97 Å². The van der Waals surface area contributed by atoms with Gasteiger partial charge in [0.1, 0.15) is 11.4 Å². The van der Waals surface area contributed by atoms with Crippen molar-refractivity contribution < 1.29 is 27.5 Å². The van der Waals surface area contributed by atoms with Crippen LogP contribution in [0.5, 0.6) is 5.75 Å². The molecule has 9 heteroatoms. The zero-order valence-corrected chi connectivity index (χ0v) is 18.6. The molecule has 0 aliphatic carbocycles. The van der Waals surface area contributed by atoms with Crippen LogP contribution in [-0.2, 0) is 14.8 Å². The Morgan fingerprint density at radius 1 is 1.00 bits per heavy atom. The highest BCUT2D eigenvalue weighted by Crippen LogP contribution is 2.33. The first-order valence-electron chi connectivity index (χ1n) is 9.95. The third-order valence-corrected chi connectivity index (χ3v) is 7.19. The van der Waals surface area contributed by atoms with Crippen molar-refractivity contribution in [3.8, 4) is 5.75 Å². The fraction of sp³-hybridized carbons (Fsp3) is 0.364. The summed E-state index contributed by atoms with van der Waals surface area (Å²) < 4.78 is 37.6. The number of para-hydroxylation sites is 1. The molecular formula is C22H26N2O6S. The van der Waals surface area contributed by atoms with Gasteiger partial charge in [-0.15, -0.1) is 0 Å². The monoisotopic (exact) mass is 446 g/mol. The molecule has 1 heterocycles. The summed E-state index contributed by atoms with van der Waals surface area (Å²) in [4.78, 5) is 26.8. The number of carbonyl (C=O) groups is 2. The molecule has 166 valence electrons. The standard InChI is InChI=1S/C22H26N2O6S/c1-23(20-18(22(26)30-3)11-8-12-19(20)29-2)21(25)16-9-7-10-17(15-16)31(27,28)24-13-5-4-6-14-24/h7-12,15H,4-6,13-14H2,1-3H3. The number of nitrogens with zero attached hydrogens (tertiary/aromatic N) is 2. The highest BCUT2D eigenvalue weighted by Gasteiger charge is 2.28. The largest absolute Gasteiger partial charge is 0.495 e. The second-order valence-corrected chi connectivity index (χ2v) is 9.14. The summed E-state index contributed by atoms with van der Waals surface area (Å²) >= 11 is 0. The lowest BCUT2D eigenvalue weighted by Gasteiger charge is -2.26. The van der Waals surface area contributed by atoms with Crippen LogP contribution in [0.4, 0.5) is 5.69 Å². The normalized spacial score (nSPS) is 14.7. The summed E-state index contributed by atoms with van der Waals surface area (Å²) in [6.07, 6.45) is 2.66. The molecule has 3 rings (SSSR count). The minimum Gasteiger partial charge on any atom is -0.495 e. The van der Waals surface area contributed by atoms with Gasteiger partial charge < -0.3 is 14.4 Å². The van der Waals surface area contributed by atoms with Crippen LogP contribution in [0.25, 0.3) is 0 Å². The van der Waals surface area contributed by atoms with E-state index in [9.17, 15) is 18.0 Å². The minimum atomic E-state index is -3.68. The zero-order chi connectivity index (χ0) is 22.6. The molecule has 1 aliphatic rings. The van der Waals surface area contributed by atoms with E-state index in [0.717, 1.165) is 19.3 Å². The van der Waals surface area contributed by atoms with Crippen molar-refractivity contribution in [2.45, 2.75) is 24.2 Å². The maximum atomic E-state index is 13.2. The Balaban J connectivity index is 1.98. The number of hydrogen-bond donors (Lipinski definition) is 0. The summed E-state index contributed by atoms with van der Waals surface area (Å²) in [7, 11) is 0.502. The Kier molecular flexibility index (Phi) is 6.97. The third-order valence-electron chi connectivity index (χ3n) is 5.30. The van der Waals surface area contributed by atoms with E-state index in [1.807, 2.05) is 0 Å². The number of sulfonamides is 1. The van der Waals surface area contributed by atoms with E-state index in [4.69, 9.17) is 9.47 Å². The van der Waals surface area contributed by atoms with E-state index in [2.05, 4.69) is 0 Å². The number of piperidine rings is 1. The first kappa shape index (κ1) is 22.8. The molecule has 0 bridgehead atoms. The molecule has 0 aromatic heterocycles. The maximum absolute atomic E-state index is 13.2. The summed E-state index contributed by atoms with van der Waals surface area (Å²) in [6, 6.07) is 10.7. The van der Waals surface area contributed by atoms with Crippen LogP contribution in [0.2, 0.25) is 0 Å². The second-order valence-electron chi connectivity index (χ2n) is 7.20. The van der Waals surface area contributed by atoms with Crippen molar-refractivity contribution in [1.82, 2.24) is 4.31 Å². The molecule has 1 aliphatic heterocycles. The highest BCUT2D eigenvalue weighted by atomic mass is 32.2. The van der Waals surface area contributed by atoms with E-state index in [1.165, 1.54) is 48.7 Å². The smallest absolute Gasteiger partial charge is 0.340 e. The van der Waals surface area contributed by atoms with Gasteiger partial charge in [-0.2, -0.15) is 4.31 Å². The third kappa shape index (κ3) is 4.57. The molecule has 0 N–H and O–H groups in total. The molecule has 2 aromatic carbocycles. The van der Waals surface area contributed by atoms with Gasteiger partial charge in [0, 0.05) is 25.7 Å². The number of rotatable bonds is 6. The summed E-state index contributed by atoms with van der Waals surface area (Å²) in [5, 5.41) is 0. The molecule has 2 aromatic rings. The van der Waals surface area contributed by atoms with Crippen molar-refractivity contribution in [2.24, 2.45) is 0 Å². The first-order chi connectivity index (χ1) is 14.8. The molecule has 0 radical (unpaired) electrons. The Hall–Kier alpha value is -2.91.